The van der Waals surface area contributed by atoms with Crippen LogP contribution in [0.4, 0.5) is 4.79 Å². The first-order valence-electron chi connectivity index (χ1n) is 6.69. The van der Waals surface area contributed by atoms with Crippen LogP contribution in [0.25, 0.3) is 0 Å². The first kappa shape index (κ1) is 15.0. The molecule has 1 aliphatic heterocycles. The Kier molecular flexibility index (Phi) is 4.89. The quantitative estimate of drug-likeness (QED) is 0.611. The smallest absolute Gasteiger partial charge is 0.437 e. The van der Waals surface area contributed by atoms with Gasteiger partial charge in [-0.15, -0.1) is 4.99 Å². The standard InChI is InChI=1S/C14H18N4O3/c15-11-7-4-8-18(12(11)19)13(16)17-14(20)21-9-10-5-2-1-3-6-10/h1-3,5-6,11H,4,7-9,15H2,(H2,16,17,20)/t11-/m0/s1. The number of nitrogens with zero attached hydrogens (tertiary/aromatic N) is 2. The van der Waals surface area contributed by atoms with Gasteiger partial charge in [0.25, 0.3) is 0 Å². The summed E-state index contributed by atoms with van der Waals surface area (Å²) in [7, 11) is 0. The number of ether oxygens (including phenoxy) is 1. The van der Waals surface area contributed by atoms with Gasteiger partial charge in [-0.25, -0.2) is 4.79 Å². The third-order valence-electron chi connectivity index (χ3n) is 3.17. The van der Waals surface area contributed by atoms with Crippen molar-refractivity contribution in [1.29, 1.82) is 0 Å². The molecule has 1 aliphatic rings. The van der Waals surface area contributed by atoms with E-state index in [1.807, 2.05) is 30.3 Å². The highest BCUT2D eigenvalue weighted by Gasteiger charge is 2.28. The van der Waals surface area contributed by atoms with Crippen molar-refractivity contribution >= 4 is 18.0 Å². The third kappa shape index (κ3) is 4.03. The van der Waals surface area contributed by atoms with Gasteiger partial charge in [-0.1, -0.05) is 30.3 Å². The van der Waals surface area contributed by atoms with Crippen LogP contribution >= 0.6 is 0 Å². The van der Waals surface area contributed by atoms with Crippen LogP contribution < -0.4 is 11.5 Å². The molecule has 0 aromatic heterocycles. The van der Waals surface area contributed by atoms with E-state index in [1.165, 1.54) is 4.90 Å². The van der Waals surface area contributed by atoms with Gasteiger partial charge in [-0.05, 0) is 18.4 Å². The highest BCUT2D eigenvalue weighted by Crippen LogP contribution is 2.09. The van der Waals surface area contributed by atoms with Gasteiger partial charge in [0.2, 0.25) is 11.9 Å². The summed E-state index contributed by atoms with van der Waals surface area (Å²) in [6, 6.07) is 8.62. The first-order chi connectivity index (χ1) is 10.1. The molecule has 7 heteroatoms. The van der Waals surface area contributed by atoms with Crippen molar-refractivity contribution in [1.82, 2.24) is 4.90 Å². The number of hydrogen-bond donors (Lipinski definition) is 2. The summed E-state index contributed by atoms with van der Waals surface area (Å²) in [6.07, 6.45) is 0.506. The summed E-state index contributed by atoms with van der Waals surface area (Å²) in [6.45, 7) is 0.512. The number of guanidine groups is 1. The van der Waals surface area contributed by atoms with Gasteiger partial charge in [0.1, 0.15) is 6.61 Å². The summed E-state index contributed by atoms with van der Waals surface area (Å²) >= 11 is 0. The van der Waals surface area contributed by atoms with Gasteiger partial charge in [0.05, 0.1) is 6.04 Å². The number of aliphatic imine (C=N–C) groups is 1. The third-order valence-corrected chi connectivity index (χ3v) is 3.17. The number of benzene rings is 1. The van der Waals surface area contributed by atoms with E-state index in [0.717, 1.165) is 12.0 Å². The average molecular weight is 290 g/mol. The first-order valence-corrected chi connectivity index (χ1v) is 6.69. The fourth-order valence-electron chi connectivity index (χ4n) is 2.04. The summed E-state index contributed by atoms with van der Waals surface area (Å²) in [5.41, 5.74) is 12.2. The molecule has 0 spiro atoms. The Morgan fingerprint density at radius 2 is 2.10 bits per heavy atom. The molecule has 4 N–H and O–H groups in total. The summed E-state index contributed by atoms with van der Waals surface area (Å²) < 4.78 is 4.98. The number of likely N-dealkylation sites (tertiary alicyclic amines) is 1. The number of carbonyl (C=O) groups is 2. The molecular formula is C14H18N4O3. The van der Waals surface area contributed by atoms with Crippen LogP contribution in [0.1, 0.15) is 18.4 Å². The molecule has 1 aromatic carbocycles. The number of piperidine rings is 1. The van der Waals surface area contributed by atoms with Crippen LogP contribution in [0.2, 0.25) is 0 Å². The van der Waals surface area contributed by atoms with E-state index < -0.39 is 12.1 Å². The normalized spacial score (nSPS) is 19.5. The van der Waals surface area contributed by atoms with Crippen molar-refractivity contribution in [3.8, 4) is 0 Å². The minimum absolute atomic E-state index is 0.101. The van der Waals surface area contributed by atoms with Crippen molar-refractivity contribution in [3.63, 3.8) is 0 Å². The monoisotopic (exact) mass is 290 g/mol. The molecule has 1 fully saturated rings. The van der Waals surface area contributed by atoms with E-state index in [-0.39, 0.29) is 18.5 Å². The minimum atomic E-state index is -0.830. The van der Waals surface area contributed by atoms with E-state index in [1.54, 1.807) is 0 Å². The van der Waals surface area contributed by atoms with E-state index in [0.29, 0.717) is 13.0 Å². The Balaban J connectivity index is 1.92. The van der Waals surface area contributed by atoms with E-state index in [4.69, 9.17) is 16.2 Å². The summed E-state index contributed by atoms with van der Waals surface area (Å²) in [5.74, 6) is -0.494. The van der Waals surface area contributed by atoms with Crippen molar-refractivity contribution in [2.75, 3.05) is 6.54 Å². The van der Waals surface area contributed by atoms with Crippen molar-refractivity contribution in [2.45, 2.75) is 25.5 Å². The fourth-order valence-corrected chi connectivity index (χ4v) is 2.04. The largest absolute Gasteiger partial charge is 0.443 e. The molecule has 2 rings (SSSR count). The zero-order valence-electron chi connectivity index (χ0n) is 11.6. The topological polar surface area (TPSA) is 111 Å². The molecule has 0 unspecified atom stereocenters. The van der Waals surface area contributed by atoms with Gasteiger partial charge in [-0.3, -0.25) is 9.69 Å². The lowest BCUT2D eigenvalue weighted by atomic mass is 10.1. The maximum absolute atomic E-state index is 11.8. The second-order valence-electron chi connectivity index (χ2n) is 4.75. The molecule has 0 radical (unpaired) electrons. The Hall–Kier alpha value is -2.41. The molecule has 1 atom stereocenters. The van der Waals surface area contributed by atoms with Crippen LogP contribution in [0.3, 0.4) is 0 Å². The Morgan fingerprint density at radius 1 is 1.38 bits per heavy atom. The van der Waals surface area contributed by atoms with Gasteiger partial charge >= 0.3 is 6.09 Å². The van der Waals surface area contributed by atoms with Crippen molar-refractivity contribution in [3.05, 3.63) is 35.9 Å². The zero-order chi connectivity index (χ0) is 15.2. The molecule has 112 valence electrons. The SMILES string of the molecule is N/C(=N\C(=O)OCc1ccccc1)N1CCC[C@H](N)C1=O. The molecule has 0 saturated carbocycles. The molecule has 7 nitrogen and oxygen atoms in total. The number of hydrogen-bond acceptors (Lipinski definition) is 4. The Morgan fingerprint density at radius 3 is 2.81 bits per heavy atom. The highest BCUT2D eigenvalue weighted by atomic mass is 16.5. The van der Waals surface area contributed by atoms with Crippen LogP contribution in [-0.2, 0) is 16.1 Å². The number of rotatable bonds is 2. The minimum Gasteiger partial charge on any atom is -0.443 e. The van der Waals surface area contributed by atoms with Crippen LogP contribution in [0, 0.1) is 0 Å². The number of amides is 2. The summed E-state index contributed by atoms with van der Waals surface area (Å²) in [5, 5.41) is 0. The molecule has 1 aromatic rings. The molecule has 0 bridgehead atoms. The summed E-state index contributed by atoms with van der Waals surface area (Å²) in [4.78, 5) is 28.2. The molecule has 0 aliphatic carbocycles. The lowest BCUT2D eigenvalue weighted by Gasteiger charge is -2.29. The Labute approximate surface area is 122 Å². The van der Waals surface area contributed by atoms with E-state index >= 15 is 0 Å². The van der Waals surface area contributed by atoms with Crippen LogP contribution in [-0.4, -0.2) is 35.4 Å². The van der Waals surface area contributed by atoms with Crippen LogP contribution in [0.5, 0.6) is 0 Å². The van der Waals surface area contributed by atoms with Gasteiger partial charge < -0.3 is 16.2 Å². The molecule has 21 heavy (non-hydrogen) atoms. The molecule has 2 amide bonds. The zero-order valence-corrected chi connectivity index (χ0v) is 11.6. The van der Waals surface area contributed by atoms with Gasteiger partial charge in [-0.2, -0.15) is 0 Å². The second kappa shape index (κ2) is 6.85. The fraction of sp³-hybridized carbons (Fsp3) is 0.357. The Bertz CT molecular complexity index is 544. The highest BCUT2D eigenvalue weighted by molar-refractivity contribution is 6.02. The van der Waals surface area contributed by atoms with Crippen molar-refractivity contribution in [2.24, 2.45) is 16.5 Å². The van der Waals surface area contributed by atoms with Gasteiger partial charge in [0, 0.05) is 6.54 Å². The maximum Gasteiger partial charge on any atom is 0.437 e. The lowest BCUT2D eigenvalue weighted by Crippen LogP contribution is -2.53. The average Bonchev–Trinajstić information content (AvgIpc) is 2.49. The van der Waals surface area contributed by atoms with Crippen molar-refractivity contribution < 1.29 is 14.3 Å². The van der Waals surface area contributed by atoms with Gasteiger partial charge in [0.15, 0.2) is 0 Å². The van der Waals surface area contributed by atoms with Crippen LogP contribution in [0.15, 0.2) is 35.3 Å². The molecule has 1 heterocycles. The van der Waals surface area contributed by atoms with E-state index in [9.17, 15) is 9.59 Å². The second-order valence-corrected chi connectivity index (χ2v) is 4.75. The molecular weight excluding hydrogens is 272 g/mol. The lowest BCUT2D eigenvalue weighted by molar-refractivity contribution is -0.130. The number of carbonyl (C=O) groups excluding carboxylic acids is 2. The maximum atomic E-state index is 11.8. The predicted octanol–water partition coefficient (Wildman–Crippen LogP) is 0.588. The predicted molar refractivity (Wildman–Crippen MR) is 77.2 cm³/mol. The van der Waals surface area contributed by atoms with E-state index in [2.05, 4.69) is 4.99 Å². The number of nitrogens with two attached hydrogens (primary N) is 2. The molecule has 1 saturated heterocycles.